The molecule has 0 aromatic heterocycles. The number of hydrogen-bond acceptors (Lipinski definition) is 3. The van der Waals surface area contributed by atoms with E-state index in [0.717, 1.165) is 22.3 Å². The fraction of sp³-hybridized carbons (Fsp3) is 0.250. The van der Waals surface area contributed by atoms with Gasteiger partial charge in [0.15, 0.2) is 17.3 Å². The lowest BCUT2D eigenvalue weighted by Gasteiger charge is -2.15. The third-order valence-corrected chi connectivity index (χ3v) is 4.16. The first-order valence-electron chi connectivity index (χ1n) is 7.87. The van der Waals surface area contributed by atoms with Gasteiger partial charge in [0, 0.05) is 17.6 Å². The predicted molar refractivity (Wildman–Crippen MR) is 96.2 cm³/mol. The fourth-order valence-corrected chi connectivity index (χ4v) is 3.11. The minimum Gasteiger partial charge on any atom is -0.493 e. The van der Waals surface area contributed by atoms with Gasteiger partial charge in [0.25, 0.3) is 0 Å². The summed E-state index contributed by atoms with van der Waals surface area (Å²) in [5.41, 5.74) is 3.42. The Labute approximate surface area is 146 Å². The molecule has 0 amide bonds. The molecule has 2 aromatic carbocycles. The average Bonchev–Trinajstić information content (AvgIpc) is 2.86. The van der Waals surface area contributed by atoms with Crippen molar-refractivity contribution in [2.45, 2.75) is 26.4 Å². The first-order chi connectivity index (χ1) is 11.5. The summed E-state index contributed by atoms with van der Waals surface area (Å²) in [4.78, 5) is 12.5. The lowest BCUT2D eigenvalue weighted by atomic mass is 10.1. The largest absolute Gasteiger partial charge is 0.493 e. The summed E-state index contributed by atoms with van der Waals surface area (Å²) in [6, 6.07) is 11.3. The summed E-state index contributed by atoms with van der Waals surface area (Å²) >= 11 is 6.35. The van der Waals surface area contributed by atoms with Gasteiger partial charge in [-0.3, -0.25) is 4.79 Å². The Kier molecular flexibility index (Phi) is 4.63. The molecule has 0 atom stereocenters. The molecule has 0 bridgehead atoms. The van der Waals surface area contributed by atoms with Crippen LogP contribution in [-0.2, 0) is 6.42 Å². The lowest BCUT2D eigenvalue weighted by Crippen LogP contribution is -2.07. The molecule has 0 saturated carbocycles. The highest BCUT2D eigenvalue weighted by atomic mass is 35.5. The molecule has 124 valence electrons. The molecule has 0 heterocycles. The SMILES string of the molecule is COc1cc(C=C2Cc3ccccc3C2=O)cc(Cl)c1OC(C)C. The van der Waals surface area contributed by atoms with Crippen LogP contribution in [-0.4, -0.2) is 19.0 Å². The van der Waals surface area contributed by atoms with E-state index in [1.54, 1.807) is 13.2 Å². The van der Waals surface area contributed by atoms with Crippen LogP contribution in [0.1, 0.15) is 35.3 Å². The van der Waals surface area contributed by atoms with Crippen molar-refractivity contribution in [1.82, 2.24) is 0 Å². The summed E-state index contributed by atoms with van der Waals surface area (Å²) in [5.74, 6) is 1.16. The van der Waals surface area contributed by atoms with Crippen molar-refractivity contribution in [2.24, 2.45) is 0 Å². The maximum atomic E-state index is 12.5. The molecule has 3 nitrogen and oxygen atoms in total. The van der Waals surface area contributed by atoms with Crippen molar-refractivity contribution >= 4 is 23.5 Å². The molecule has 0 spiro atoms. The zero-order chi connectivity index (χ0) is 17.3. The summed E-state index contributed by atoms with van der Waals surface area (Å²) in [7, 11) is 1.58. The topological polar surface area (TPSA) is 35.5 Å². The summed E-state index contributed by atoms with van der Waals surface area (Å²) in [6.45, 7) is 3.86. The molecule has 3 rings (SSSR count). The number of ether oxygens (including phenoxy) is 2. The maximum Gasteiger partial charge on any atom is 0.189 e. The first-order valence-corrected chi connectivity index (χ1v) is 8.24. The van der Waals surface area contributed by atoms with Crippen LogP contribution in [0, 0.1) is 0 Å². The lowest BCUT2D eigenvalue weighted by molar-refractivity contribution is 0.104. The molecule has 0 N–H and O–H groups in total. The molecule has 24 heavy (non-hydrogen) atoms. The van der Waals surface area contributed by atoms with E-state index in [1.807, 2.05) is 50.3 Å². The van der Waals surface area contributed by atoms with E-state index < -0.39 is 0 Å². The molecule has 0 fully saturated rings. The average molecular weight is 343 g/mol. The van der Waals surface area contributed by atoms with Crippen LogP contribution < -0.4 is 9.47 Å². The van der Waals surface area contributed by atoms with E-state index in [0.29, 0.717) is 22.9 Å². The number of carbonyl (C=O) groups is 1. The minimum absolute atomic E-state index is 0.00786. The number of carbonyl (C=O) groups excluding carboxylic acids is 1. The molecule has 0 aliphatic heterocycles. The van der Waals surface area contributed by atoms with Crippen molar-refractivity contribution in [3.63, 3.8) is 0 Å². The van der Waals surface area contributed by atoms with Gasteiger partial charge in [-0.25, -0.2) is 0 Å². The Bertz CT molecular complexity index is 822. The monoisotopic (exact) mass is 342 g/mol. The molecule has 4 heteroatoms. The van der Waals surface area contributed by atoms with Crippen LogP contribution >= 0.6 is 11.6 Å². The Morgan fingerprint density at radius 2 is 1.96 bits per heavy atom. The number of halogens is 1. The molecule has 1 aliphatic rings. The summed E-state index contributed by atoms with van der Waals surface area (Å²) in [6.07, 6.45) is 2.50. The van der Waals surface area contributed by atoms with Gasteiger partial charge in [0.05, 0.1) is 18.2 Å². The van der Waals surface area contributed by atoms with E-state index in [4.69, 9.17) is 21.1 Å². The second-order valence-corrected chi connectivity index (χ2v) is 6.44. The normalized spacial score (nSPS) is 15.0. The highest BCUT2D eigenvalue weighted by Crippen LogP contribution is 2.38. The Morgan fingerprint density at radius 3 is 2.62 bits per heavy atom. The highest BCUT2D eigenvalue weighted by molar-refractivity contribution is 6.32. The van der Waals surface area contributed by atoms with Crippen molar-refractivity contribution in [1.29, 1.82) is 0 Å². The number of ketones is 1. The quantitative estimate of drug-likeness (QED) is 0.737. The molecule has 0 saturated heterocycles. The van der Waals surface area contributed by atoms with E-state index in [-0.39, 0.29) is 11.9 Å². The number of benzene rings is 2. The van der Waals surface area contributed by atoms with E-state index >= 15 is 0 Å². The maximum absolute atomic E-state index is 12.5. The number of Topliss-reactive ketones (excluding diaryl/α,β-unsaturated/α-hetero) is 1. The van der Waals surface area contributed by atoms with Gasteiger partial charge in [-0.15, -0.1) is 0 Å². The van der Waals surface area contributed by atoms with Gasteiger partial charge in [0.2, 0.25) is 0 Å². The molecule has 2 aromatic rings. The van der Waals surface area contributed by atoms with Crippen LogP contribution in [0.5, 0.6) is 11.5 Å². The van der Waals surface area contributed by atoms with Crippen molar-refractivity contribution in [3.8, 4) is 11.5 Å². The summed E-state index contributed by atoms with van der Waals surface area (Å²) in [5, 5.41) is 0.470. The third kappa shape index (κ3) is 3.17. The fourth-order valence-electron chi connectivity index (χ4n) is 2.85. The number of methoxy groups -OCH3 is 1. The van der Waals surface area contributed by atoms with Crippen LogP contribution in [0.3, 0.4) is 0 Å². The Balaban J connectivity index is 1.97. The third-order valence-electron chi connectivity index (χ3n) is 3.88. The second-order valence-electron chi connectivity index (χ2n) is 6.03. The van der Waals surface area contributed by atoms with Gasteiger partial charge >= 0.3 is 0 Å². The number of fused-ring (bicyclic) bond motifs is 1. The molecular weight excluding hydrogens is 324 g/mol. The summed E-state index contributed by atoms with van der Waals surface area (Å²) < 4.78 is 11.1. The molecule has 1 aliphatic carbocycles. The first kappa shape index (κ1) is 16.6. The van der Waals surface area contributed by atoms with Crippen molar-refractivity contribution in [3.05, 3.63) is 63.7 Å². The standard InChI is InChI=1S/C20H19ClO3/c1-12(2)24-20-17(21)9-13(10-18(20)23-3)8-15-11-14-6-4-5-7-16(14)19(15)22/h4-10,12H,11H2,1-3H3. The van der Waals surface area contributed by atoms with Crippen molar-refractivity contribution < 1.29 is 14.3 Å². The minimum atomic E-state index is -0.00786. The van der Waals surface area contributed by atoms with Gasteiger partial charge in [-0.05, 0) is 43.2 Å². The van der Waals surface area contributed by atoms with Gasteiger partial charge < -0.3 is 9.47 Å². The molecule has 0 radical (unpaired) electrons. The predicted octanol–water partition coefficient (Wildman–Crippen LogP) is 4.96. The zero-order valence-corrected chi connectivity index (χ0v) is 14.7. The van der Waals surface area contributed by atoms with E-state index in [1.165, 1.54) is 0 Å². The number of allylic oxidation sites excluding steroid dienone is 1. The molecule has 0 unspecified atom stereocenters. The van der Waals surface area contributed by atoms with Crippen LogP contribution in [0.2, 0.25) is 5.02 Å². The zero-order valence-electron chi connectivity index (χ0n) is 13.9. The highest BCUT2D eigenvalue weighted by Gasteiger charge is 2.24. The molecular formula is C20H19ClO3. The number of rotatable bonds is 4. The van der Waals surface area contributed by atoms with Crippen LogP contribution in [0.15, 0.2) is 42.0 Å². The van der Waals surface area contributed by atoms with Gasteiger partial charge in [0.1, 0.15) is 0 Å². The van der Waals surface area contributed by atoms with E-state index in [2.05, 4.69) is 0 Å². The van der Waals surface area contributed by atoms with Gasteiger partial charge in [-0.2, -0.15) is 0 Å². The smallest absolute Gasteiger partial charge is 0.189 e. The Morgan fingerprint density at radius 1 is 1.21 bits per heavy atom. The van der Waals surface area contributed by atoms with Gasteiger partial charge in [-0.1, -0.05) is 35.9 Å². The second kappa shape index (κ2) is 6.70. The Hall–Kier alpha value is -2.26. The van der Waals surface area contributed by atoms with Crippen LogP contribution in [0.25, 0.3) is 6.08 Å². The van der Waals surface area contributed by atoms with Crippen molar-refractivity contribution in [2.75, 3.05) is 7.11 Å². The van der Waals surface area contributed by atoms with E-state index in [9.17, 15) is 4.79 Å². The van der Waals surface area contributed by atoms with Crippen LogP contribution in [0.4, 0.5) is 0 Å². The number of hydrogen-bond donors (Lipinski definition) is 0.